The Bertz CT molecular complexity index is 173. The summed E-state index contributed by atoms with van der Waals surface area (Å²) in [5, 5.41) is 0. The van der Waals surface area contributed by atoms with Crippen LogP contribution in [0, 0.1) is 12.8 Å². The van der Waals surface area contributed by atoms with Crippen molar-refractivity contribution in [1.29, 1.82) is 0 Å². The predicted octanol–water partition coefficient (Wildman–Crippen LogP) is 4.72. The zero-order valence-corrected chi connectivity index (χ0v) is 20.2. The van der Waals surface area contributed by atoms with E-state index in [9.17, 15) is 0 Å². The predicted molar refractivity (Wildman–Crippen MR) is 94.1 cm³/mol. The molecule has 0 aromatic carbocycles. The van der Waals surface area contributed by atoms with Crippen LogP contribution in [0.1, 0.15) is 117 Å². The third-order valence-electron chi connectivity index (χ3n) is 4.43. The van der Waals surface area contributed by atoms with E-state index < -0.39 is 0 Å². The molecule has 130 valence electrons. The van der Waals surface area contributed by atoms with Gasteiger partial charge >= 0.3 is 19.5 Å². The maximum atomic E-state index is 4.33. The first-order valence-electron chi connectivity index (χ1n) is 9.64. The summed E-state index contributed by atoms with van der Waals surface area (Å²) in [5.74, 6) is 0.723. The molecule has 0 amide bonds. The average Bonchev–Trinajstić information content (AvgIpc) is 2.45. The molecule has 22 heavy (non-hydrogen) atoms. The summed E-state index contributed by atoms with van der Waals surface area (Å²) in [6.45, 7) is 8.91. The third kappa shape index (κ3) is 23.4. The van der Waals surface area contributed by atoms with Gasteiger partial charge in [0.05, 0.1) is 0 Å². The molecule has 0 N–H and O–H groups in total. The van der Waals surface area contributed by atoms with Gasteiger partial charge in [0.15, 0.2) is 0 Å². The van der Waals surface area contributed by atoms with Gasteiger partial charge in [-0.05, 0) is 0 Å². The van der Waals surface area contributed by atoms with E-state index in [0.29, 0.717) is 0 Å². The quantitative estimate of drug-likeness (QED) is 0.190. The molecule has 0 saturated carbocycles. The first kappa shape index (κ1) is 27.9. The van der Waals surface area contributed by atoms with Crippen molar-refractivity contribution in [2.24, 2.45) is 5.92 Å². The molecule has 0 radical (unpaired) electrons. The van der Waals surface area contributed by atoms with E-state index in [1.54, 1.807) is 0 Å². The van der Waals surface area contributed by atoms with Crippen LogP contribution in [0.3, 0.4) is 0 Å². The molecule has 0 fully saturated rings. The van der Waals surface area contributed by atoms with E-state index in [2.05, 4.69) is 20.8 Å². The van der Waals surface area contributed by atoms with Crippen molar-refractivity contribution in [2.75, 3.05) is 0 Å². The fourth-order valence-electron chi connectivity index (χ4n) is 2.92. The standard InChI is InChI=1S/C20H41.BrH.Zn/c1-4-6-8-10-12-13-15-17-19-20(3)18-16-14-11-9-7-5-2;;/h20H,3-19H2,1-2H3;1H;/q-1;;+2/p-1. The van der Waals surface area contributed by atoms with Crippen molar-refractivity contribution >= 4 is 0 Å². The minimum absolute atomic E-state index is 0. The SMILES string of the molecule is [Br-].[CH2-]C(CCCCCCCC)CCCCCCCCCC.[Zn+2]. The maximum Gasteiger partial charge on any atom is 2.00 e. The van der Waals surface area contributed by atoms with Gasteiger partial charge in [0, 0.05) is 0 Å². The molecule has 0 spiro atoms. The van der Waals surface area contributed by atoms with Crippen LogP contribution in [0.5, 0.6) is 0 Å². The van der Waals surface area contributed by atoms with E-state index in [1.165, 1.54) is 103 Å². The van der Waals surface area contributed by atoms with Crippen LogP contribution >= 0.6 is 0 Å². The Morgan fingerprint density at radius 1 is 0.545 bits per heavy atom. The van der Waals surface area contributed by atoms with Gasteiger partial charge in [-0.3, -0.25) is 0 Å². The topological polar surface area (TPSA) is 0 Å². The number of hydrogen-bond donors (Lipinski definition) is 0. The van der Waals surface area contributed by atoms with Gasteiger partial charge in [-0.1, -0.05) is 117 Å². The second-order valence-electron chi connectivity index (χ2n) is 6.69. The van der Waals surface area contributed by atoms with Crippen molar-refractivity contribution in [3.05, 3.63) is 6.92 Å². The van der Waals surface area contributed by atoms with Crippen LogP contribution < -0.4 is 17.0 Å². The second kappa shape index (κ2) is 24.4. The van der Waals surface area contributed by atoms with Crippen LogP contribution in [-0.4, -0.2) is 0 Å². The molecule has 0 rings (SSSR count). The molecule has 0 aliphatic heterocycles. The molecule has 0 nitrogen and oxygen atoms in total. The fourth-order valence-corrected chi connectivity index (χ4v) is 2.92. The first-order chi connectivity index (χ1) is 9.81. The van der Waals surface area contributed by atoms with Crippen molar-refractivity contribution in [3.8, 4) is 0 Å². The molecule has 0 aromatic rings. The summed E-state index contributed by atoms with van der Waals surface area (Å²) in [6.07, 6.45) is 22.7. The molecular formula is C20H41BrZn. The fraction of sp³-hybridized carbons (Fsp3) is 0.950. The van der Waals surface area contributed by atoms with Gasteiger partial charge in [0.25, 0.3) is 0 Å². The molecule has 0 saturated heterocycles. The third-order valence-corrected chi connectivity index (χ3v) is 4.43. The summed E-state index contributed by atoms with van der Waals surface area (Å²) >= 11 is 0. The molecule has 1 unspecified atom stereocenters. The molecular weight excluding hydrogens is 386 g/mol. The van der Waals surface area contributed by atoms with Crippen LogP contribution in [0.2, 0.25) is 0 Å². The van der Waals surface area contributed by atoms with Crippen LogP contribution in [0.15, 0.2) is 0 Å². The Morgan fingerprint density at radius 3 is 1.14 bits per heavy atom. The van der Waals surface area contributed by atoms with Crippen LogP contribution in [0.4, 0.5) is 0 Å². The normalized spacial score (nSPS) is 11.6. The Kier molecular flexibility index (Phi) is 30.9. The van der Waals surface area contributed by atoms with E-state index in [-0.39, 0.29) is 36.5 Å². The van der Waals surface area contributed by atoms with Gasteiger partial charge in [-0.25, -0.2) is 0 Å². The first-order valence-corrected chi connectivity index (χ1v) is 9.64. The Hall–Kier alpha value is 1.10. The molecule has 0 aliphatic carbocycles. The minimum atomic E-state index is 0. The van der Waals surface area contributed by atoms with Crippen LogP contribution in [0.25, 0.3) is 0 Å². The van der Waals surface area contributed by atoms with Crippen LogP contribution in [-0.2, 0) is 19.5 Å². The van der Waals surface area contributed by atoms with Gasteiger partial charge in [-0.2, -0.15) is 5.92 Å². The summed E-state index contributed by atoms with van der Waals surface area (Å²) in [4.78, 5) is 0. The average molecular weight is 427 g/mol. The van der Waals surface area contributed by atoms with E-state index >= 15 is 0 Å². The minimum Gasteiger partial charge on any atom is -1.00 e. The van der Waals surface area contributed by atoms with Crippen molar-refractivity contribution in [2.45, 2.75) is 117 Å². The summed E-state index contributed by atoms with van der Waals surface area (Å²) in [6, 6.07) is 0. The van der Waals surface area contributed by atoms with Gasteiger partial charge in [0.1, 0.15) is 0 Å². The second-order valence-corrected chi connectivity index (χ2v) is 6.69. The van der Waals surface area contributed by atoms with Gasteiger partial charge in [0.2, 0.25) is 0 Å². The van der Waals surface area contributed by atoms with Crippen molar-refractivity contribution in [3.63, 3.8) is 0 Å². The van der Waals surface area contributed by atoms with Gasteiger partial charge in [-0.15, -0.1) is 0 Å². The van der Waals surface area contributed by atoms with E-state index in [1.807, 2.05) is 0 Å². The molecule has 0 heterocycles. The smallest absolute Gasteiger partial charge is 1.00 e. The zero-order valence-electron chi connectivity index (χ0n) is 15.7. The maximum absolute atomic E-state index is 4.33. The number of unbranched alkanes of at least 4 members (excludes halogenated alkanes) is 12. The summed E-state index contributed by atoms with van der Waals surface area (Å²) in [7, 11) is 0. The van der Waals surface area contributed by atoms with E-state index in [4.69, 9.17) is 0 Å². The molecule has 0 bridgehead atoms. The number of rotatable bonds is 16. The van der Waals surface area contributed by atoms with Gasteiger partial charge < -0.3 is 23.9 Å². The largest absolute Gasteiger partial charge is 2.00 e. The van der Waals surface area contributed by atoms with Crippen molar-refractivity contribution in [1.82, 2.24) is 0 Å². The Labute approximate surface area is 165 Å². The number of hydrogen-bond acceptors (Lipinski definition) is 0. The molecule has 2 heteroatoms. The molecule has 0 aliphatic rings. The summed E-state index contributed by atoms with van der Waals surface area (Å²) < 4.78 is 0. The Morgan fingerprint density at radius 2 is 0.818 bits per heavy atom. The summed E-state index contributed by atoms with van der Waals surface area (Å²) in [5.41, 5.74) is 0. The van der Waals surface area contributed by atoms with E-state index in [0.717, 1.165) is 5.92 Å². The van der Waals surface area contributed by atoms with Crippen molar-refractivity contribution < 1.29 is 36.5 Å². The Balaban J connectivity index is -0.00000180. The zero-order chi connectivity index (χ0) is 14.9. The molecule has 1 atom stereocenters. The number of halogens is 1. The molecule has 0 aromatic heterocycles. The monoisotopic (exact) mass is 424 g/mol.